The molecule has 0 aromatic heterocycles. The molecule has 100 valence electrons. The Morgan fingerprint density at radius 3 is 2.33 bits per heavy atom. The summed E-state index contributed by atoms with van der Waals surface area (Å²) in [7, 11) is -3.61. The molecule has 0 amide bonds. The molecule has 0 bridgehead atoms. The average molecular weight is 268 g/mol. The fourth-order valence-corrected chi connectivity index (χ4v) is 2.30. The Bertz CT molecular complexity index is 494. The van der Waals surface area contributed by atoms with Crippen LogP contribution >= 0.6 is 0 Å². The van der Waals surface area contributed by atoms with Crippen LogP contribution in [0, 0.1) is 0 Å². The predicted octanol–water partition coefficient (Wildman–Crippen LogP) is 1.95. The normalized spacial score (nSPS) is 15.1. The SMILES string of the molecule is C=CCC(C)NC(C)c1ccc(S(N)(=O)=O)cc1. The van der Waals surface area contributed by atoms with Gasteiger partial charge in [0, 0.05) is 12.1 Å². The Morgan fingerprint density at radius 1 is 1.33 bits per heavy atom. The summed E-state index contributed by atoms with van der Waals surface area (Å²) >= 11 is 0. The van der Waals surface area contributed by atoms with Gasteiger partial charge in [0.2, 0.25) is 10.0 Å². The third-order valence-electron chi connectivity index (χ3n) is 2.76. The molecule has 0 radical (unpaired) electrons. The molecule has 0 saturated heterocycles. The standard InChI is InChI=1S/C13H20N2O2S/c1-4-5-10(2)15-11(3)12-6-8-13(9-7-12)18(14,16)17/h4,6-11,15H,1,5H2,2-3H3,(H2,14,16,17). The fraction of sp³-hybridized carbons (Fsp3) is 0.385. The van der Waals surface area contributed by atoms with Crippen molar-refractivity contribution in [3.8, 4) is 0 Å². The van der Waals surface area contributed by atoms with Crippen LogP contribution in [0.5, 0.6) is 0 Å². The monoisotopic (exact) mass is 268 g/mol. The maximum atomic E-state index is 11.1. The molecule has 0 saturated carbocycles. The Hall–Kier alpha value is -1.17. The van der Waals surface area contributed by atoms with E-state index in [0.717, 1.165) is 12.0 Å². The van der Waals surface area contributed by atoms with Gasteiger partial charge in [0.1, 0.15) is 0 Å². The van der Waals surface area contributed by atoms with Gasteiger partial charge >= 0.3 is 0 Å². The first-order valence-corrected chi connectivity index (χ1v) is 7.39. The highest BCUT2D eigenvalue weighted by atomic mass is 32.2. The van der Waals surface area contributed by atoms with Crippen molar-refractivity contribution in [2.75, 3.05) is 0 Å². The number of nitrogens with one attached hydrogen (secondary N) is 1. The lowest BCUT2D eigenvalue weighted by atomic mass is 10.1. The van der Waals surface area contributed by atoms with Crippen molar-refractivity contribution in [3.63, 3.8) is 0 Å². The lowest BCUT2D eigenvalue weighted by Crippen LogP contribution is -2.28. The van der Waals surface area contributed by atoms with Crippen LogP contribution in [0.25, 0.3) is 0 Å². The molecular weight excluding hydrogens is 248 g/mol. The third kappa shape index (κ3) is 4.25. The second kappa shape index (κ2) is 6.13. The van der Waals surface area contributed by atoms with Gasteiger partial charge in [-0.15, -0.1) is 6.58 Å². The summed E-state index contributed by atoms with van der Waals surface area (Å²) in [5.41, 5.74) is 1.03. The zero-order chi connectivity index (χ0) is 13.8. The largest absolute Gasteiger partial charge is 0.307 e. The fourth-order valence-electron chi connectivity index (χ4n) is 1.79. The van der Waals surface area contributed by atoms with Crippen LogP contribution in [-0.2, 0) is 10.0 Å². The molecule has 1 aromatic carbocycles. The summed E-state index contributed by atoms with van der Waals surface area (Å²) < 4.78 is 22.3. The van der Waals surface area contributed by atoms with Crippen LogP contribution in [0.1, 0.15) is 31.9 Å². The van der Waals surface area contributed by atoms with E-state index in [2.05, 4.69) is 18.8 Å². The van der Waals surface area contributed by atoms with Gasteiger partial charge in [0.05, 0.1) is 4.90 Å². The topological polar surface area (TPSA) is 72.2 Å². The molecule has 2 unspecified atom stereocenters. The van der Waals surface area contributed by atoms with Gasteiger partial charge in [-0.05, 0) is 38.0 Å². The van der Waals surface area contributed by atoms with Gasteiger partial charge < -0.3 is 5.32 Å². The quantitative estimate of drug-likeness (QED) is 0.775. The first kappa shape index (κ1) is 14.9. The van der Waals surface area contributed by atoms with E-state index >= 15 is 0 Å². The molecule has 1 aromatic rings. The molecule has 2 atom stereocenters. The number of hydrogen-bond acceptors (Lipinski definition) is 3. The van der Waals surface area contributed by atoms with Crippen molar-refractivity contribution in [3.05, 3.63) is 42.5 Å². The lowest BCUT2D eigenvalue weighted by molar-refractivity contribution is 0.482. The van der Waals surface area contributed by atoms with Gasteiger partial charge in [-0.25, -0.2) is 13.6 Å². The van der Waals surface area contributed by atoms with Crippen molar-refractivity contribution in [2.45, 2.75) is 37.2 Å². The van der Waals surface area contributed by atoms with Gasteiger partial charge in [-0.3, -0.25) is 0 Å². The molecule has 18 heavy (non-hydrogen) atoms. The summed E-state index contributed by atoms with van der Waals surface area (Å²) in [5.74, 6) is 0. The first-order valence-electron chi connectivity index (χ1n) is 5.84. The summed E-state index contributed by atoms with van der Waals surface area (Å²) in [6.07, 6.45) is 2.76. The third-order valence-corrected chi connectivity index (χ3v) is 3.69. The Kier molecular flexibility index (Phi) is 5.07. The second-order valence-electron chi connectivity index (χ2n) is 4.43. The zero-order valence-corrected chi connectivity index (χ0v) is 11.6. The summed E-state index contributed by atoms with van der Waals surface area (Å²) in [4.78, 5) is 0.137. The van der Waals surface area contributed by atoms with Gasteiger partial charge in [-0.2, -0.15) is 0 Å². The van der Waals surface area contributed by atoms with E-state index in [1.807, 2.05) is 13.0 Å². The van der Waals surface area contributed by atoms with Crippen molar-refractivity contribution in [1.82, 2.24) is 5.32 Å². The Balaban J connectivity index is 2.76. The van der Waals surface area contributed by atoms with Crippen molar-refractivity contribution in [2.24, 2.45) is 5.14 Å². The Labute approximate surface area is 109 Å². The van der Waals surface area contributed by atoms with Crippen molar-refractivity contribution in [1.29, 1.82) is 0 Å². The molecule has 5 heteroatoms. The number of benzene rings is 1. The second-order valence-corrected chi connectivity index (χ2v) is 5.99. The highest BCUT2D eigenvalue weighted by Gasteiger charge is 2.11. The van der Waals surface area contributed by atoms with E-state index in [1.54, 1.807) is 12.1 Å². The van der Waals surface area contributed by atoms with Crippen molar-refractivity contribution < 1.29 is 8.42 Å². The minimum Gasteiger partial charge on any atom is -0.307 e. The molecule has 0 aliphatic heterocycles. The minimum atomic E-state index is -3.61. The van der Waals surface area contributed by atoms with Gasteiger partial charge in [-0.1, -0.05) is 18.2 Å². The summed E-state index contributed by atoms with van der Waals surface area (Å²) in [6, 6.07) is 7.09. The average Bonchev–Trinajstić information content (AvgIpc) is 2.28. The molecule has 1 rings (SSSR count). The van der Waals surface area contributed by atoms with Gasteiger partial charge in [0.15, 0.2) is 0 Å². The molecule has 0 heterocycles. The van der Waals surface area contributed by atoms with Crippen LogP contribution in [0.15, 0.2) is 41.8 Å². The summed E-state index contributed by atoms with van der Waals surface area (Å²) in [5, 5.41) is 8.45. The lowest BCUT2D eigenvalue weighted by Gasteiger charge is -2.19. The van der Waals surface area contributed by atoms with E-state index in [-0.39, 0.29) is 10.9 Å². The number of rotatable bonds is 6. The maximum Gasteiger partial charge on any atom is 0.238 e. The minimum absolute atomic E-state index is 0.137. The maximum absolute atomic E-state index is 11.1. The number of primary sulfonamides is 1. The summed E-state index contributed by atoms with van der Waals surface area (Å²) in [6.45, 7) is 7.81. The van der Waals surface area contributed by atoms with E-state index in [4.69, 9.17) is 5.14 Å². The predicted molar refractivity (Wildman–Crippen MR) is 73.6 cm³/mol. The molecule has 0 fully saturated rings. The molecular formula is C13H20N2O2S. The van der Waals surface area contributed by atoms with E-state index < -0.39 is 10.0 Å². The molecule has 0 aliphatic rings. The molecule has 3 N–H and O–H groups in total. The van der Waals surface area contributed by atoms with E-state index in [0.29, 0.717) is 6.04 Å². The zero-order valence-electron chi connectivity index (χ0n) is 10.8. The van der Waals surface area contributed by atoms with E-state index in [9.17, 15) is 8.42 Å². The number of nitrogens with two attached hydrogens (primary N) is 1. The van der Waals surface area contributed by atoms with Crippen LogP contribution < -0.4 is 10.5 Å². The van der Waals surface area contributed by atoms with Crippen LogP contribution in [0.4, 0.5) is 0 Å². The van der Waals surface area contributed by atoms with Crippen LogP contribution in [0.3, 0.4) is 0 Å². The highest BCUT2D eigenvalue weighted by molar-refractivity contribution is 7.89. The van der Waals surface area contributed by atoms with Crippen LogP contribution in [0.2, 0.25) is 0 Å². The number of hydrogen-bond donors (Lipinski definition) is 2. The molecule has 4 nitrogen and oxygen atoms in total. The van der Waals surface area contributed by atoms with Crippen LogP contribution in [-0.4, -0.2) is 14.5 Å². The van der Waals surface area contributed by atoms with Gasteiger partial charge in [0.25, 0.3) is 0 Å². The molecule has 0 aliphatic carbocycles. The molecule has 0 spiro atoms. The van der Waals surface area contributed by atoms with E-state index in [1.165, 1.54) is 12.1 Å². The first-order chi connectivity index (χ1) is 8.34. The smallest absolute Gasteiger partial charge is 0.238 e. The Morgan fingerprint density at radius 2 is 1.89 bits per heavy atom. The highest BCUT2D eigenvalue weighted by Crippen LogP contribution is 2.16. The number of sulfonamides is 1. The van der Waals surface area contributed by atoms with Crippen molar-refractivity contribution >= 4 is 10.0 Å².